The third-order valence-corrected chi connectivity index (χ3v) is 8.26. The molecule has 0 spiro atoms. The van der Waals surface area contributed by atoms with Crippen molar-refractivity contribution >= 4 is 0 Å². The summed E-state index contributed by atoms with van der Waals surface area (Å²) in [6.07, 6.45) is 3.18. The first-order valence-corrected chi connectivity index (χ1v) is 14.3. The fourth-order valence-electron chi connectivity index (χ4n) is 6.07. The zero-order valence-corrected chi connectivity index (χ0v) is 23.8. The summed E-state index contributed by atoms with van der Waals surface area (Å²) in [5.41, 5.74) is 6.62. The smallest absolute Gasteiger partial charge is 0.169 e. The Morgan fingerprint density at radius 1 is 0.619 bits per heavy atom. The average molecular weight is 569 g/mol. The Balaban J connectivity index is 1.15. The molecule has 2 heterocycles. The molecule has 8 nitrogen and oxygen atoms in total. The fourth-order valence-corrected chi connectivity index (χ4v) is 6.07. The molecule has 4 aromatic carbocycles. The lowest BCUT2D eigenvalue weighted by atomic mass is 9.89. The lowest BCUT2D eigenvalue weighted by Crippen LogP contribution is -2.31. The Kier molecular flexibility index (Phi) is 7.82. The molecule has 2 atom stereocenters. The summed E-state index contributed by atoms with van der Waals surface area (Å²) in [6.45, 7) is 1.69. The molecule has 218 valence electrons. The minimum Gasteiger partial charge on any atom is -0.504 e. The highest BCUT2D eigenvalue weighted by Gasteiger charge is 2.24. The number of methoxy groups -OCH3 is 2. The molecule has 0 saturated carbocycles. The fraction of sp³-hybridized carbons (Fsp3) is 0.294. The van der Waals surface area contributed by atoms with Gasteiger partial charge in [-0.2, -0.15) is 0 Å². The van der Waals surface area contributed by atoms with Crippen molar-refractivity contribution < 1.29 is 29.5 Å². The molecule has 5 N–H and O–H groups in total. The van der Waals surface area contributed by atoms with E-state index in [1.54, 1.807) is 32.4 Å². The zero-order valence-electron chi connectivity index (χ0n) is 23.8. The third kappa shape index (κ3) is 5.68. The van der Waals surface area contributed by atoms with Gasteiger partial charge in [0.15, 0.2) is 34.5 Å². The number of benzene rings is 4. The molecule has 0 radical (unpaired) electrons. The van der Waals surface area contributed by atoms with E-state index in [2.05, 4.69) is 10.6 Å². The van der Waals surface area contributed by atoms with E-state index in [0.717, 1.165) is 60.2 Å². The van der Waals surface area contributed by atoms with Gasteiger partial charge in [-0.1, -0.05) is 18.2 Å². The molecule has 8 heteroatoms. The van der Waals surface area contributed by atoms with Crippen LogP contribution < -0.4 is 24.8 Å². The molecule has 6 rings (SSSR count). The van der Waals surface area contributed by atoms with Gasteiger partial charge in [0.05, 0.1) is 14.2 Å². The second-order valence-corrected chi connectivity index (χ2v) is 10.9. The van der Waals surface area contributed by atoms with E-state index in [-0.39, 0.29) is 29.3 Å². The first kappa shape index (κ1) is 27.8. The maximum Gasteiger partial charge on any atom is 0.169 e. The quantitative estimate of drug-likeness (QED) is 0.190. The predicted molar refractivity (Wildman–Crippen MR) is 160 cm³/mol. The van der Waals surface area contributed by atoms with Crippen molar-refractivity contribution in [2.75, 3.05) is 27.3 Å². The standard InChI is InChI=1S/C34H36N2O6/c1-40-32-16-22-9-11-35-27(25(22)18-30(32)38)13-20-3-6-24(7-4-20)42-34-15-21(5-8-29(34)37)14-28-26-19-31(39)33(41-2)17-23(26)10-12-36-28/h3-8,15-19,27-28,35-39H,9-14H2,1-2H3/t27-,28-/m1/s1. The number of hydrogen-bond donors (Lipinski definition) is 5. The van der Waals surface area contributed by atoms with Gasteiger partial charge >= 0.3 is 0 Å². The van der Waals surface area contributed by atoms with Gasteiger partial charge in [-0.15, -0.1) is 0 Å². The van der Waals surface area contributed by atoms with E-state index in [1.807, 2.05) is 48.5 Å². The van der Waals surface area contributed by atoms with Crippen molar-refractivity contribution in [1.29, 1.82) is 0 Å². The lowest BCUT2D eigenvalue weighted by Gasteiger charge is -2.28. The van der Waals surface area contributed by atoms with Gasteiger partial charge in [0.2, 0.25) is 0 Å². The van der Waals surface area contributed by atoms with Crippen LogP contribution >= 0.6 is 0 Å². The molecular formula is C34H36N2O6. The van der Waals surface area contributed by atoms with Crippen molar-refractivity contribution in [3.63, 3.8) is 0 Å². The summed E-state index contributed by atoms with van der Waals surface area (Å²) in [4.78, 5) is 0. The first-order chi connectivity index (χ1) is 20.4. The second-order valence-electron chi connectivity index (χ2n) is 10.9. The molecule has 0 aliphatic carbocycles. The molecule has 0 aromatic heterocycles. The molecule has 0 fully saturated rings. The molecule has 2 aliphatic heterocycles. The van der Waals surface area contributed by atoms with E-state index in [1.165, 1.54) is 5.56 Å². The predicted octanol–water partition coefficient (Wildman–Crippen LogP) is 5.47. The number of phenolic OH excluding ortho intramolecular Hbond substituents is 3. The van der Waals surface area contributed by atoms with Gasteiger partial charge in [0.25, 0.3) is 0 Å². The van der Waals surface area contributed by atoms with E-state index >= 15 is 0 Å². The molecular weight excluding hydrogens is 532 g/mol. The van der Waals surface area contributed by atoms with Crippen LogP contribution in [0.25, 0.3) is 0 Å². The normalized spacial score (nSPS) is 17.7. The highest BCUT2D eigenvalue weighted by molar-refractivity contribution is 5.51. The van der Waals surface area contributed by atoms with Crippen LogP contribution in [-0.2, 0) is 25.7 Å². The summed E-state index contributed by atoms with van der Waals surface area (Å²) in [5, 5.41) is 38.3. The number of phenols is 3. The van der Waals surface area contributed by atoms with Gasteiger partial charge in [-0.25, -0.2) is 0 Å². The van der Waals surface area contributed by atoms with Crippen LogP contribution in [0, 0.1) is 0 Å². The van der Waals surface area contributed by atoms with E-state index in [4.69, 9.17) is 14.2 Å². The summed E-state index contributed by atoms with van der Waals surface area (Å²) < 4.78 is 16.7. The number of hydrogen-bond acceptors (Lipinski definition) is 8. The van der Waals surface area contributed by atoms with Crippen LogP contribution in [0.1, 0.15) is 45.5 Å². The minimum atomic E-state index is 0.0174. The van der Waals surface area contributed by atoms with Crippen LogP contribution in [-0.4, -0.2) is 42.6 Å². The number of fused-ring (bicyclic) bond motifs is 2. The Morgan fingerprint density at radius 3 is 1.69 bits per heavy atom. The maximum atomic E-state index is 10.6. The van der Waals surface area contributed by atoms with Crippen molar-refractivity contribution in [1.82, 2.24) is 10.6 Å². The topological polar surface area (TPSA) is 112 Å². The van der Waals surface area contributed by atoms with Crippen LogP contribution in [0.15, 0.2) is 66.7 Å². The summed E-state index contributed by atoms with van der Waals surface area (Å²) in [5.74, 6) is 2.36. The van der Waals surface area contributed by atoms with Gasteiger partial charge in [-0.3, -0.25) is 0 Å². The molecule has 42 heavy (non-hydrogen) atoms. The summed E-state index contributed by atoms with van der Waals surface area (Å²) >= 11 is 0. The molecule has 0 unspecified atom stereocenters. The van der Waals surface area contributed by atoms with Gasteiger partial charge < -0.3 is 40.2 Å². The van der Waals surface area contributed by atoms with E-state index in [0.29, 0.717) is 29.4 Å². The molecule has 0 bridgehead atoms. The number of ether oxygens (including phenoxy) is 3. The highest BCUT2D eigenvalue weighted by atomic mass is 16.5. The summed E-state index contributed by atoms with van der Waals surface area (Å²) in [6, 6.07) is 20.8. The maximum absolute atomic E-state index is 10.6. The van der Waals surface area contributed by atoms with Crippen molar-refractivity contribution in [3.05, 3.63) is 100 Å². The Hall–Kier alpha value is -4.40. The van der Waals surface area contributed by atoms with Crippen molar-refractivity contribution in [3.8, 4) is 40.2 Å². The monoisotopic (exact) mass is 568 g/mol. The van der Waals surface area contributed by atoms with E-state index in [9.17, 15) is 15.3 Å². The Morgan fingerprint density at radius 2 is 1.14 bits per heavy atom. The minimum absolute atomic E-state index is 0.0174. The molecule has 0 amide bonds. The number of aromatic hydroxyl groups is 3. The third-order valence-electron chi connectivity index (χ3n) is 8.26. The largest absolute Gasteiger partial charge is 0.504 e. The Labute approximate surface area is 245 Å². The van der Waals surface area contributed by atoms with Crippen LogP contribution in [0.4, 0.5) is 0 Å². The second kappa shape index (κ2) is 11.8. The first-order valence-electron chi connectivity index (χ1n) is 14.3. The van der Waals surface area contributed by atoms with Crippen molar-refractivity contribution in [2.24, 2.45) is 0 Å². The SMILES string of the molecule is COc1cc2c(cc1O)[C@@H](Cc1ccc(Oc3cc(C[C@H]4NCCc5cc(OC)c(O)cc54)ccc3O)cc1)NCC2. The number of nitrogens with one attached hydrogen (secondary N) is 2. The van der Waals surface area contributed by atoms with Crippen LogP contribution in [0.5, 0.6) is 40.2 Å². The number of rotatable bonds is 8. The summed E-state index contributed by atoms with van der Waals surface area (Å²) in [7, 11) is 3.12. The van der Waals surface area contributed by atoms with Gasteiger partial charge in [0, 0.05) is 12.1 Å². The Bertz CT molecular complexity index is 1590. The van der Waals surface area contributed by atoms with Crippen LogP contribution in [0.2, 0.25) is 0 Å². The van der Waals surface area contributed by atoms with Crippen LogP contribution in [0.3, 0.4) is 0 Å². The molecule has 4 aromatic rings. The molecule has 2 aliphatic rings. The zero-order chi connectivity index (χ0) is 29.2. The molecule has 0 saturated heterocycles. The van der Waals surface area contributed by atoms with Crippen molar-refractivity contribution in [2.45, 2.75) is 37.8 Å². The van der Waals surface area contributed by atoms with Gasteiger partial charge in [0.1, 0.15) is 5.75 Å². The average Bonchev–Trinajstić information content (AvgIpc) is 3.00. The van der Waals surface area contributed by atoms with Gasteiger partial charge in [-0.05, 0) is 121 Å². The lowest BCUT2D eigenvalue weighted by molar-refractivity contribution is 0.370. The highest BCUT2D eigenvalue weighted by Crippen LogP contribution is 2.38. The van der Waals surface area contributed by atoms with E-state index < -0.39 is 0 Å².